The zero-order valence-electron chi connectivity index (χ0n) is 15.9. The van der Waals surface area contributed by atoms with Crippen LogP contribution in [0.5, 0.6) is 0 Å². The van der Waals surface area contributed by atoms with E-state index in [0.29, 0.717) is 18.9 Å². The van der Waals surface area contributed by atoms with Crippen LogP contribution >= 0.6 is 0 Å². The van der Waals surface area contributed by atoms with E-state index in [1.54, 1.807) is 0 Å². The molecule has 2 saturated heterocycles. The van der Waals surface area contributed by atoms with Crippen LogP contribution in [0.1, 0.15) is 26.7 Å². The van der Waals surface area contributed by atoms with Crippen molar-refractivity contribution in [1.29, 1.82) is 0 Å². The maximum atomic E-state index is 12.4. The fourth-order valence-corrected chi connectivity index (χ4v) is 3.74. The molecule has 3 rings (SSSR count). The molecule has 2 aliphatic rings. The van der Waals surface area contributed by atoms with Gasteiger partial charge in [0, 0.05) is 38.3 Å². The van der Waals surface area contributed by atoms with Crippen molar-refractivity contribution in [3.8, 4) is 0 Å². The first-order valence-electron chi connectivity index (χ1n) is 9.82. The summed E-state index contributed by atoms with van der Waals surface area (Å²) >= 11 is 0. The van der Waals surface area contributed by atoms with Gasteiger partial charge in [0.25, 0.3) is 0 Å². The number of aliphatic imine (C=N–C) groups is 1. The van der Waals surface area contributed by atoms with Crippen LogP contribution < -0.4 is 15.5 Å². The predicted octanol–water partition coefficient (Wildman–Crippen LogP) is 1.69. The highest BCUT2D eigenvalue weighted by Crippen LogP contribution is 2.21. The SMILES string of the molecule is CCNC(=NCC1CCN(CC)C1)NC1CC(=O)N(c2ccccc2)C1. The Bertz CT molecular complexity index is 618. The van der Waals surface area contributed by atoms with Gasteiger partial charge in [-0.3, -0.25) is 9.79 Å². The monoisotopic (exact) mass is 357 g/mol. The van der Waals surface area contributed by atoms with Crippen LogP contribution in [0.15, 0.2) is 35.3 Å². The van der Waals surface area contributed by atoms with Gasteiger partial charge in [-0.25, -0.2) is 0 Å². The lowest BCUT2D eigenvalue weighted by atomic mass is 10.1. The summed E-state index contributed by atoms with van der Waals surface area (Å²) in [5, 5.41) is 6.78. The average molecular weight is 358 g/mol. The number of rotatable bonds is 6. The van der Waals surface area contributed by atoms with Crippen LogP contribution in [-0.2, 0) is 4.79 Å². The van der Waals surface area contributed by atoms with Crippen molar-refractivity contribution in [3.05, 3.63) is 30.3 Å². The molecule has 2 heterocycles. The van der Waals surface area contributed by atoms with Crippen LogP contribution in [0.3, 0.4) is 0 Å². The largest absolute Gasteiger partial charge is 0.357 e. The Hall–Kier alpha value is -2.08. The van der Waals surface area contributed by atoms with Gasteiger partial charge in [0.05, 0.1) is 6.04 Å². The van der Waals surface area contributed by atoms with E-state index in [-0.39, 0.29) is 11.9 Å². The average Bonchev–Trinajstić information content (AvgIpc) is 3.27. The maximum Gasteiger partial charge on any atom is 0.229 e. The maximum absolute atomic E-state index is 12.4. The molecule has 142 valence electrons. The fraction of sp³-hybridized carbons (Fsp3) is 0.600. The van der Waals surface area contributed by atoms with Crippen LogP contribution in [0, 0.1) is 5.92 Å². The molecule has 2 fully saturated rings. The first kappa shape index (κ1) is 18.7. The number of anilines is 1. The number of carbonyl (C=O) groups excluding carboxylic acids is 1. The van der Waals surface area contributed by atoms with E-state index < -0.39 is 0 Å². The molecule has 0 saturated carbocycles. The number of nitrogens with zero attached hydrogens (tertiary/aromatic N) is 3. The lowest BCUT2D eigenvalue weighted by Gasteiger charge is -2.19. The second-order valence-electron chi connectivity index (χ2n) is 7.15. The van der Waals surface area contributed by atoms with Crippen molar-refractivity contribution in [2.75, 3.05) is 44.2 Å². The Morgan fingerprint density at radius 3 is 2.73 bits per heavy atom. The number of para-hydroxylation sites is 1. The third kappa shape index (κ3) is 4.75. The van der Waals surface area contributed by atoms with Gasteiger partial charge >= 0.3 is 0 Å². The van der Waals surface area contributed by atoms with Crippen molar-refractivity contribution in [2.24, 2.45) is 10.9 Å². The fourth-order valence-electron chi connectivity index (χ4n) is 3.74. The number of carbonyl (C=O) groups is 1. The number of nitrogens with one attached hydrogen (secondary N) is 2. The molecule has 0 aromatic heterocycles. The van der Waals surface area contributed by atoms with Crippen LogP contribution in [0.4, 0.5) is 5.69 Å². The van der Waals surface area contributed by atoms with Gasteiger partial charge in [-0.05, 0) is 44.5 Å². The van der Waals surface area contributed by atoms with Gasteiger partial charge < -0.3 is 20.4 Å². The van der Waals surface area contributed by atoms with Gasteiger partial charge in [0.2, 0.25) is 5.91 Å². The highest BCUT2D eigenvalue weighted by molar-refractivity contribution is 5.97. The number of hydrogen-bond donors (Lipinski definition) is 2. The van der Waals surface area contributed by atoms with E-state index in [9.17, 15) is 4.79 Å². The second-order valence-corrected chi connectivity index (χ2v) is 7.15. The number of likely N-dealkylation sites (tertiary alicyclic amines) is 1. The van der Waals surface area contributed by atoms with Gasteiger partial charge in [-0.1, -0.05) is 25.1 Å². The van der Waals surface area contributed by atoms with E-state index in [0.717, 1.165) is 37.8 Å². The molecule has 6 heteroatoms. The zero-order valence-corrected chi connectivity index (χ0v) is 15.9. The van der Waals surface area contributed by atoms with Crippen molar-refractivity contribution >= 4 is 17.6 Å². The molecule has 1 aromatic rings. The molecular weight excluding hydrogens is 326 g/mol. The molecule has 2 atom stereocenters. The van der Waals surface area contributed by atoms with Crippen LogP contribution in [0.2, 0.25) is 0 Å². The van der Waals surface area contributed by atoms with E-state index in [1.807, 2.05) is 35.2 Å². The molecule has 2 unspecified atom stereocenters. The first-order valence-corrected chi connectivity index (χ1v) is 9.82. The molecule has 2 N–H and O–H groups in total. The molecule has 0 spiro atoms. The summed E-state index contributed by atoms with van der Waals surface area (Å²) in [6.07, 6.45) is 1.73. The summed E-state index contributed by atoms with van der Waals surface area (Å²) < 4.78 is 0. The number of benzene rings is 1. The second kappa shape index (κ2) is 9.03. The Balaban J connectivity index is 1.56. The van der Waals surface area contributed by atoms with Crippen LogP contribution in [-0.4, -0.2) is 62.1 Å². The van der Waals surface area contributed by atoms with Crippen molar-refractivity contribution in [1.82, 2.24) is 15.5 Å². The summed E-state index contributed by atoms with van der Waals surface area (Å²) in [5.74, 6) is 1.63. The molecule has 1 aromatic carbocycles. The van der Waals surface area contributed by atoms with Gasteiger partial charge in [0.15, 0.2) is 5.96 Å². The Kier molecular flexibility index (Phi) is 6.50. The Morgan fingerprint density at radius 2 is 2.04 bits per heavy atom. The van der Waals surface area contributed by atoms with Crippen molar-refractivity contribution in [2.45, 2.75) is 32.7 Å². The van der Waals surface area contributed by atoms with Crippen molar-refractivity contribution in [3.63, 3.8) is 0 Å². The summed E-state index contributed by atoms with van der Waals surface area (Å²) in [5.41, 5.74) is 0.967. The minimum atomic E-state index is 0.0937. The molecule has 0 bridgehead atoms. The van der Waals surface area contributed by atoms with E-state index >= 15 is 0 Å². The molecule has 6 nitrogen and oxygen atoms in total. The third-order valence-electron chi connectivity index (χ3n) is 5.20. The van der Waals surface area contributed by atoms with Crippen LogP contribution in [0.25, 0.3) is 0 Å². The summed E-state index contributed by atoms with van der Waals surface area (Å²) in [6.45, 7) is 10.1. The molecule has 2 aliphatic heterocycles. The van der Waals surface area contributed by atoms with Gasteiger partial charge in [0.1, 0.15) is 0 Å². The topological polar surface area (TPSA) is 60.0 Å². The quantitative estimate of drug-likeness (QED) is 0.601. The Labute approximate surface area is 156 Å². The standard InChI is InChI=1S/C20H31N5O/c1-3-21-20(22-13-16-10-11-24(4-2)14-16)23-17-12-19(26)25(15-17)18-8-6-5-7-9-18/h5-9,16-17H,3-4,10-15H2,1-2H3,(H2,21,22,23). The summed E-state index contributed by atoms with van der Waals surface area (Å²) in [7, 11) is 0. The minimum Gasteiger partial charge on any atom is -0.357 e. The minimum absolute atomic E-state index is 0.0937. The molecule has 0 aliphatic carbocycles. The third-order valence-corrected chi connectivity index (χ3v) is 5.20. The molecule has 26 heavy (non-hydrogen) atoms. The van der Waals surface area contributed by atoms with Crippen molar-refractivity contribution < 1.29 is 4.79 Å². The Morgan fingerprint density at radius 1 is 1.23 bits per heavy atom. The van der Waals surface area contributed by atoms with E-state index in [1.165, 1.54) is 13.0 Å². The number of guanidine groups is 1. The molecule has 1 amide bonds. The van der Waals surface area contributed by atoms with E-state index in [4.69, 9.17) is 4.99 Å². The van der Waals surface area contributed by atoms with Gasteiger partial charge in [-0.2, -0.15) is 0 Å². The van der Waals surface area contributed by atoms with E-state index in [2.05, 4.69) is 29.4 Å². The zero-order chi connectivity index (χ0) is 18.4. The number of hydrogen-bond acceptors (Lipinski definition) is 3. The van der Waals surface area contributed by atoms with Gasteiger partial charge in [-0.15, -0.1) is 0 Å². The lowest BCUT2D eigenvalue weighted by Crippen LogP contribution is -2.45. The summed E-state index contributed by atoms with van der Waals surface area (Å²) in [4.78, 5) is 21.5. The summed E-state index contributed by atoms with van der Waals surface area (Å²) in [6, 6.07) is 9.97. The highest BCUT2D eigenvalue weighted by Gasteiger charge is 2.31. The normalized spacial score (nSPS) is 24.3. The lowest BCUT2D eigenvalue weighted by molar-refractivity contribution is -0.117. The number of amides is 1. The molecular formula is C20H31N5O. The smallest absolute Gasteiger partial charge is 0.229 e. The highest BCUT2D eigenvalue weighted by atomic mass is 16.2. The first-order chi connectivity index (χ1) is 12.7. The molecule has 0 radical (unpaired) electrons. The predicted molar refractivity (Wildman–Crippen MR) is 107 cm³/mol.